The molecule has 38 heavy (non-hydrogen) atoms. The molecule has 0 aliphatic rings. The second-order valence-corrected chi connectivity index (χ2v) is 8.30. The van der Waals surface area contributed by atoms with Crippen LogP contribution >= 0.6 is 7.82 Å². The number of hydrogen-bond donors (Lipinski definition) is 1. The van der Waals surface area contributed by atoms with Crippen LogP contribution in [0.25, 0.3) is 0 Å². The molecule has 0 bridgehead atoms. The first-order chi connectivity index (χ1) is 16.8. The number of hydrogen-bond acceptors (Lipinski definition) is 9. The zero-order chi connectivity index (χ0) is 26.2. The van der Waals surface area contributed by atoms with Gasteiger partial charge in [-0.15, -0.1) is 6.42 Å². The number of esters is 2. The van der Waals surface area contributed by atoms with Crippen molar-refractivity contribution in [2.75, 3.05) is 6.61 Å². The Labute approximate surface area is 284 Å². The SMILES string of the molecule is C#CC#CC#CC#CC#CC(=O)O[C@H](COP(=O)([O-])[O-])OC(=O)CCCCCCCCCCCC.N.[HH].[HH].[HH].[HH].[HH].[HH].[HH].[HH].[HH].[Na+].[Na+]. The maximum Gasteiger partial charge on any atom is 1.00 e. The maximum atomic E-state index is 12.0. The molecule has 0 rings (SSSR count). The molecule has 0 aromatic carbocycles. The summed E-state index contributed by atoms with van der Waals surface area (Å²) in [6, 6.07) is 0. The molecular formula is C26H50NNa2O8P. The molecule has 0 radical (unpaired) electrons. The van der Waals surface area contributed by atoms with Crippen molar-refractivity contribution >= 4 is 19.8 Å². The van der Waals surface area contributed by atoms with Gasteiger partial charge in [0.15, 0.2) is 0 Å². The van der Waals surface area contributed by atoms with Crippen molar-refractivity contribution in [3.8, 4) is 59.7 Å². The molecule has 3 N–H and O–H groups in total. The Hall–Kier alpha value is -1.19. The summed E-state index contributed by atoms with van der Waals surface area (Å²) in [4.78, 5) is 45.2. The minimum absolute atomic E-state index is 0. The van der Waals surface area contributed by atoms with Gasteiger partial charge in [0.05, 0.1) is 7.82 Å². The van der Waals surface area contributed by atoms with Gasteiger partial charge in [-0.25, -0.2) is 4.79 Å². The largest absolute Gasteiger partial charge is 1.00 e. The average Bonchev–Trinajstić information content (AvgIpc) is 2.80. The van der Waals surface area contributed by atoms with Crippen molar-refractivity contribution in [1.82, 2.24) is 6.15 Å². The zero-order valence-corrected chi connectivity index (χ0v) is 27.5. The van der Waals surface area contributed by atoms with Crippen LogP contribution in [0, 0.1) is 59.7 Å². The molecule has 0 aromatic heterocycles. The predicted octanol–water partition coefficient (Wildman–Crippen LogP) is -1.41. The summed E-state index contributed by atoms with van der Waals surface area (Å²) in [5.74, 6) is 18.0. The molecule has 12 heteroatoms. The maximum absolute atomic E-state index is 12.0. The van der Waals surface area contributed by atoms with Crippen LogP contribution in [-0.2, 0) is 28.2 Å². The molecule has 0 spiro atoms. The van der Waals surface area contributed by atoms with Gasteiger partial charge in [0, 0.05) is 25.2 Å². The van der Waals surface area contributed by atoms with Crippen LogP contribution in [0.4, 0.5) is 0 Å². The fourth-order valence-corrected chi connectivity index (χ4v) is 2.93. The Morgan fingerprint density at radius 3 is 1.79 bits per heavy atom. The molecule has 9 nitrogen and oxygen atoms in total. The number of terminal acetylenes is 1. The van der Waals surface area contributed by atoms with Crippen LogP contribution < -0.4 is 75.1 Å². The van der Waals surface area contributed by atoms with E-state index in [1.807, 2.05) is 5.92 Å². The fraction of sp³-hybridized carbons (Fsp3) is 0.538. The Bertz CT molecular complexity index is 1040. The van der Waals surface area contributed by atoms with Crippen molar-refractivity contribution in [3.63, 3.8) is 0 Å². The van der Waals surface area contributed by atoms with E-state index in [0.29, 0.717) is 6.42 Å². The van der Waals surface area contributed by atoms with E-state index in [-0.39, 0.29) is 84.5 Å². The molecule has 0 fully saturated rings. The summed E-state index contributed by atoms with van der Waals surface area (Å²) in [5.41, 5.74) is 0. The van der Waals surface area contributed by atoms with Crippen molar-refractivity contribution < 1.29 is 110 Å². The van der Waals surface area contributed by atoms with Crippen molar-refractivity contribution in [1.29, 1.82) is 0 Å². The molecule has 0 aliphatic carbocycles. The topological polar surface area (TPSA) is 160 Å². The molecular weight excluding hydrogens is 531 g/mol. The number of ether oxygens (including phenoxy) is 2. The van der Waals surface area contributed by atoms with E-state index < -0.39 is 32.7 Å². The van der Waals surface area contributed by atoms with E-state index in [4.69, 9.17) is 15.9 Å². The average molecular weight is 582 g/mol. The van der Waals surface area contributed by atoms with E-state index >= 15 is 0 Å². The van der Waals surface area contributed by atoms with Gasteiger partial charge in [-0.3, -0.25) is 4.79 Å². The van der Waals surface area contributed by atoms with Gasteiger partial charge in [0.25, 0.3) is 6.29 Å². The number of phosphoric acid groups is 1. The van der Waals surface area contributed by atoms with Crippen LogP contribution in [0.2, 0.25) is 0 Å². The van der Waals surface area contributed by atoms with Gasteiger partial charge < -0.3 is 34.5 Å². The van der Waals surface area contributed by atoms with E-state index in [1.165, 1.54) is 32.1 Å². The molecule has 0 aliphatic heterocycles. The van der Waals surface area contributed by atoms with Crippen LogP contribution in [0.1, 0.15) is 90.4 Å². The molecule has 0 heterocycles. The molecule has 0 amide bonds. The number of carbonyl (C=O) groups is 2. The third-order valence-corrected chi connectivity index (χ3v) is 4.68. The molecule has 0 saturated heterocycles. The van der Waals surface area contributed by atoms with Crippen molar-refractivity contribution in [2.24, 2.45) is 0 Å². The first-order valence-corrected chi connectivity index (χ1v) is 12.8. The van der Waals surface area contributed by atoms with Gasteiger partial charge >= 0.3 is 71.1 Å². The second-order valence-electron chi connectivity index (χ2n) is 7.14. The Balaban J connectivity index is -0.0000000876. The summed E-state index contributed by atoms with van der Waals surface area (Å²) < 4.78 is 24.4. The first-order valence-electron chi connectivity index (χ1n) is 11.3. The van der Waals surface area contributed by atoms with E-state index in [2.05, 4.69) is 58.8 Å². The minimum atomic E-state index is -5.37. The standard InChI is InChI=1S/C26H31O8P.H3N.2Na.9H2/c1-3-5-7-9-11-13-14-16-18-20-22-25(28)34-26(23-32-35(29,30)31)33-24(27)21-19-17-15-12-10-8-6-4-2;;;;;;;;;;;;/h2,26H,3,5,7,9,11,13-14,16,18,20,22-23H2,1H3,(H2,29,30,31);1H3;;;9*1H/q;;2*+1;;;;;;;;;/p-2/t26-;;;;;;;;;;;;/m0............/s1. The normalized spacial score (nSPS) is 9.53. The van der Waals surface area contributed by atoms with Crippen molar-refractivity contribution in [2.45, 2.75) is 83.8 Å². The van der Waals surface area contributed by atoms with Crippen LogP contribution in [0.5, 0.6) is 0 Å². The van der Waals surface area contributed by atoms with Gasteiger partial charge in [0.1, 0.15) is 6.61 Å². The quantitative estimate of drug-likeness (QED) is 0.0439. The number of phosphoric ester groups is 1. The van der Waals surface area contributed by atoms with Gasteiger partial charge in [-0.2, -0.15) is 0 Å². The Morgan fingerprint density at radius 1 is 0.816 bits per heavy atom. The number of rotatable bonds is 16. The smallest absolute Gasteiger partial charge is 0.790 e. The molecule has 214 valence electrons. The van der Waals surface area contributed by atoms with Crippen LogP contribution in [0.3, 0.4) is 0 Å². The van der Waals surface area contributed by atoms with E-state index in [0.717, 1.165) is 25.7 Å². The summed E-state index contributed by atoms with van der Waals surface area (Å²) in [6.07, 6.45) is 14.0. The molecule has 0 aromatic rings. The van der Waals surface area contributed by atoms with Crippen molar-refractivity contribution in [3.05, 3.63) is 0 Å². The summed E-state index contributed by atoms with van der Waals surface area (Å²) in [6.45, 7) is 1.20. The second kappa shape index (κ2) is 30.4. The third kappa shape index (κ3) is 32.8. The summed E-state index contributed by atoms with van der Waals surface area (Å²) >= 11 is 0. The fourth-order valence-electron chi connectivity index (χ4n) is 2.63. The van der Waals surface area contributed by atoms with Gasteiger partial charge in [-0.1, -0.05) is 64.7 Å². The zero-order valence-electron chi connectivity index (χ0n) is 22.6. The Morgan fingerprint density at radius 2 is 1.29 bits per heavy atom. The van der Waals surface area contributed by atoms with Crippen LogP contribution in [0.15, 0.2) is 0 Å². The van der Waals surface area contributed by atoms with E-state index in [1.54, 1.807) is 0 Å². The molecule has 1 atom stereocenters. The summed E-state index contributed by atoms with van der Waals surface area (Å²) in [5, 5.41) is 0. The molecule has 0 saturated carbocycles. The minimum Gasteiger partial charge on any atom is -0.790 e. The number of carbonyl (C=O) groups excluding carboxylic acids is 2. The Kier molecular flexibility index (Phi) is 35.0. The molecule has 0 unspecified atom stereocenters. The van der Waals surface area contributed by atoms with Gasteiger partial charge in [-0.05, 0) is 53.8 Å². The number of unbranched alkanes of at least 4 members (excludes halogenated alkanes) is 9. The summed E-state index contributed by atoms with van der Waals surface area (Å²) in [7, 11) is -5.37. The van der Waals surface area contributed by atoms with Crippen LogP contribution in [-0.4, -0.2) is 24.8 Å². The first kappa shape index (κ1) is 43.8. The third-order valence-electron chi connectivity index (χ3n) is 4.22. The monoisotopic (exact) mass is 581 g/mol. The van der Waals surface area contributed by atoms with Gasteiger partial charge in [0.2, 0.25) is 0 Å². The predicted molar refractivity (Wildman–Crippen MR) is 150 cm³/mol. The van der Waals surface area contributed by atoms with E-state index in [9.17, 15) is 23.9 Å².